The Morgan fingerprint density at radius 3 is 2.40 bits per heavy atom. The van der Waals surface area contributed by atoms with Crippen molar-refractivity contribution in [3.63, 3.8) is 0 Å². The molecule has 0 amide bonds. The topological polar surface area (TPSA) is 12.0 Å². The molecule has 0 aliphatic carbocycles. The zero-order valence-corrected chi connectivity index (χ0v) is 7.36. The van der Waals surface area contributed by atoms with Gasteiger partial charge >= 0.3 is 0 Å². The summed E-state index contributed by atoms with van der Waals surface area (Å²) in [7, 11) is 1.95. The van der Waals surface area contributed by atoms with E-state index in [-0.39, 0.29) is 0 Å². The van der Waals surface area contributed by atoms with Gasteiger partial charge in [-0.2, -0.15) is 0 Å². The van der Waals surface area contributed by atoms with E-state index in [4.69, 9.17) is 0 Å². The minimum Gasteiger partial charge on any atom is -0.391 e. The summed E-state index contributed by atoms with van der Waals surface area (Å²) in [5.74, 6) is 0. The lowest BCUT2D eigenvalue weighted by molar-refractivity contribution is 0.940. The molecule has 58 valence electrons. The summed E-state index contributed by atoms with van der Waals surface area (Å²) in [4.78, 5) is 0. The van der Waals surface area contributed by atoms with E-state index in [1.54, 1.807) is 0 Å². The number of nitrogens with one attached hydrogen (secondary N) is 1. The van der Waals surface area contributed by atoms with Gasteiger partial charge in [-0.05, 0) is 25.8 Å². The molecule has 0 aliphatic heterocycles. The Balaban J connectivity index is 4.29. The van der Waals surface area contributed by atoms with Crippen molar-refractivity contribution in [2.24, 2.45) is 0 Å². The van der Waals surface area contributed by atoms with Crippen LogP contribution in [0.5, 0.6) is 0 Å². The number of hydrogen-bond acceptors (Lipinski definition) is 1. The molecule has 0 heterocycles. The average molecular weight is 139 g/mol. The van der Waals surface area contributed by atoms with Crippen molar-refractivity contribution >= 4 is 0 Å². The maximum atomic E-state index is 3.13. The summed E-state index contributed by atoms with van der Waals surface area (Å²) in [5.41, 5.74) is 2.64. The third-order valence-corrected chi connectivity index (χ3v) is 1.61. The first-order valence-electron chi connectivity index (χ1n) is 3.76. The lowest BCUT2D eigenvalue weighted by Crippen LogP contribution is -2.04. The lowest BCUT2D eigenvalue weighted by Gasteiger charge is -2.04. The van der Waals surface area contributed by atoms with Gasteiger partial charge in [0, 0.05) is 12.7 Å². The number of allylic oxidation sites excluding steroid dienone is 4. The monoisotopic (exact) mass is 139 g/mol. The average Bonchev–Trinajstić information content (AvgIpc) is 1.99. The van der Waals surface area contributed by atoms with Crippen LogP contribution >= 0.6 is 0 Å². The molecule has 0 atom stereocenters. The molecule has 0 unspecified atom stereocenters. The molecule has 0 radical (unpaired) electrons. The van der Waals surface area contributed by atoms with Crippen LogP contribution in [0.25, 0.3) is 0 Å². The molecule has 0 saturated heterocycles. The van der Waals surface area contributed by atoms with Crippen LogP contribution in [0, 0.1) is 0 Å². The number of hydrogen-bond donors (Lipinski definition) is 1. The van der Waals surface area contributed by atoms with Crippen LogP contribution in [-0.4, -0.2) is 7.05 Å². The first-order valence-corrected chi connectivity index (χ1v) is 3.76. The van der Waals surface area contributed by atoms with E-state index in [9.17, 15) is 0 Å². The number of rotatable bonds is 3. The van der Waals surface area contributed by atoms with Crippen molar-refractivity contribution in [2.75, 3.05) is 7.05 Å². The van der Waals surface area contributed by atoms with Gasteiger partial charge in [0.05, 0.1) is 0 Å². The van der Waals surface area contributed by atoms with Gasteiger partial charge in [-0.1, -0.05) is 19.1 Å². The fourth-order valence-corrected chi connectivity index (χ4v) is 0.870. The first kappa shape index (κ1) is 9.28. The van der Waals surface area contributed by atoms with E-state index in [0.717, 1.165) is 6.42 Å². The SMILES string of the molecule is C/C=C\C(CC)=C(/C)NC. The Morgan fingerprint density at radius 2 is 2.10 bits per heavy atom. The van der Waals surface area contributed by atoms with Gasteiger partial charge in [-0.15, -0.1) is 0 Å². The molecule has 0 rings (SSSR count). The minimum absolute atomic E-state index is 1.09. The van der Waals surface area contributed by atoms with E-state index in [2.05, 4.69) is 31.3 Å². The smallest absolute Gasteiger partial charge is 0.0105 e. The van der Waals surface area contributed by atoms with Crippen LogP contribution in [0.2, 0.25) is 0 Å². The maximum absolute atomic E-state index is 3.13. The zero-order valence-electron chi connectivity index (χ0n) is 7.36. The largest absolute Gasteiger partial charge is 0.391 e. The van der Waals surface area contributed by atoms with E-state index in [1.165, 1.54) is 11.3 Å². The van der Waals surface area contributed by atoms with Gasteiger partial charge in [0.25, 0.3) is 0 Å². The zero-order chi connectivity index (χ0) is 7.98. The highest BCUT2D eigenvalue weighted by Gasteiger charge is 1.91. The molecule has 0 spiro atoms. The molecule has 0 bridgehead atoms. The van der Waals surface area contributed by atoms with Crippen LogP contribution in [-0.2, 0) is 0 Å². The van der Waals surface area contributed by atoms with Crippen LogP contribution in [0.4, 0.5) is 0 Å². The molecule has 0 fully saturated rings. The van der Waals surface area contributed by atoms with Gasteiger partial charge in [-0.25, -0.2) is 0 Å². The highest BCUT2D eigenvalue weighted by atomic mass is 14.8. The lowest BCUT2D eigenvalue weighted by atomic mass is 10.1. The molecule has 0 aliphatic rings. The summed E-state index contributed by atoms with van der Waals surface area (Å²) < 4.78 is 0. The van der Waals surface area contributed by atoms with Gasteiger partial charge in [-0.3, -0.25) is 0 Å². The molecule has 1 heteroatoms. The van der Waals surface area contributed by atoms with E-state index in [1.807, 2.05) is 14.0 Å². The van der Waals surface area contributed by atoms with Crippen molar-refractivity contribution in [3.8, 4) is 0 Å². The maximum Gasteiger partial charge on any atom is 0.0105 e. The van der Waals surface area contributed by atoms with Crippen molar-refractivity contribution in [2.45, 2.75) is 27.2 Å². The third kappa shape index (κ3) is 2.72. The Kier molecular flexibility index (Phi) is 4.73. The molecular weight excluding hydrogens is 122 g/mol. The van der Waals surface area contributed by atoms with Crippen molar-refractivity contribution < 1.29 is 0 Å². The second-order valence-corrected chi connectivity index (χ2v) is 2.25. The fraction of sp³-hybridized carbons (Fsp3) is 0.556. The molecule has 0 aromatic carbocycles. The van der Waals surface area contributed by atoms with Crippen molar-refractivity contribution in [1.29, 1.82) is 0 Å². The molecular formula is C9H17N. The van der Waals surface area contributed by atoms with Gasteiger partial charge in [0.15, 0.2) is 0 Å². The van der Waals surface area contributed by atoms with Crippen LogP contribution in [0.3, 0.4) is 0 Å². The highest BCUT2D eigenvalue weighted by Crippen LogP contribution is 2.06. The minimum atomic E-state index is 1.09. The highest BCUT2D eigenvalue weighted by molar-refractivity contribution is 5.22. The third-order valence-electron chi connectivity index (χ3n) is 1.61. The normalized spacial score (nSPS) is 13.6. The van der Waals surface area contributed by atoms with Gasteiger partial charge in [0.1, 0.15) is 0 Å². The molecule has 10 heavy (non-hydrogen) atoms. The Morgan fingerprint density at radius 1 is 1.50 bits per heavy atom. The van der Waals surface area contributed by atoms with Crippen LogP contribution in [0.15, 0.2) is 23.4 Å². The Bertz CT molecular complexity index is 143. The summed E-state index contributed by atoms with van der Waals surface area (Å²) in [6.07, 6.45) is 5.31. The molecule has 0 aromatic heterocycles. The summed E-state index contributed by atoms with van der Waals surface area (Å²) in [6, 6.07) is 0. The molecule has 1 nitrogen and oxygen atoms in total. The fourth-order valence-electron chi connectivity index (χ4n) is 0.870. The second-order valence-electron chi connectivity index (χ2n) is 2.25. The molecule has 1 N–H and O–H groups in total. The van der Waals surface area contributed by atoms with Gasteiger partial charge in [0.2, 0.25) is 0 Å². The van der Waals surface area contributed by atoms with E-state index in [0.29, 0.717) is 0 Å². The first-order chi connectivity index (χ1) is 4.76. The van der Waals surface area contributed by atoms with Crippen LogP contribution < -0.4 is 5.32 Å². The predicted octanol–water partition coefficient (Wildman–Crippen LogP) is 2.47. The summed E-state index contributed by atoms with van der Waals surface area (Å²) in [6.45, 7) is 6.30. The van der Waals surface area contributed by atoms with E-state index < -0.39 is 0 Å². The van der Waals surface area contributed by atoms with E-state index >= 15 is 0 Å². The molecule has 0 aromatic rings. The van der Waals surface area contributed by atoms with Crippen LogP contribution in [0.1, 0.15) is 27.2 Å². The van der Waals surface area contributed by atoms with Gasteiger partial charge < -0.3 is 5.32 Å². The van der Waals surface area contributed by atoms with Crippen molar-refractivity contribution in [3.05, 3.63) is 23.4 Å². The quantitative estimate of drug-likeness (QED) is 0.592. The predicted molar refractivity (Wildman–Crippen MR) is 46.9 cm³/mol. The summed E-state index contributed by atoms with van der Waals surface area (Å²) in [5, 5.41) is 3.13. The standard InChI is InChI=1S/C9H17N/c1-5-7-9(6-2)8(3)10-4/h5,7,10H,6H2,1-4H3/b7-5-,9-8+. The Hall–Kier alpha value is -0.720. The molecule has 0 saturated carbocycles. The summed E-state index contributed by atoms with van der Waals surface area (Å²) >= 11 is 0. The second kappa shape index (κ2) is 5.10. The van der Waals surface area contributed by atoms with Crippen molar-refractivity contribution in [1.82, 2.24) is 5.32 Å². The Labute approximate surface area is 63.8 Å².